The summed E-state index contributed by atoms with van der Waals surface area (Å²) in [4.78, 5) is 29.8. The molecule has 2 aromatic carbocycles. The summed E-state index contributed by atoms with van der Waals surface area (Å²) in [6, 6.07) is 12.6. The fraction of sp³-hybridized carbons (Fsp3) is 0.469. The average molecular weight is 583 g/mol. The first-order chi connectivity index (χ1) is 19.5. The molecule has 1 aromatic heterocycles. The summed E-state index contributed by atoms with van der Waals surface area (Å²) < 4.78 is 7.75. The van der Waals surface area contributed by atoms with Crippen LogP contribution in [0, 0.1) is 5.92 Å². The molecule has 0 saturated heterocycles. The number of hydrogen-bond acceptors (Lipinski definition) is 5. The van der Waals surface area contributed by atoms with Crippen LogP contribution in [0.15, 0.2) is 48.7 Å². The van der Waals surface area contributed by atoms with Crippen LogP contribution in [0.5, 0.6) is 5.75 Å². The van der Waals surface area contributed by atoms with Crippen molar-refractivity contribution in [2.24, 2.45) is 5.92 Å². The van der Waals surface area contributed by atoms with Gasteiger partial charge in [0, 0.05) is 43.4 Å². The minimum absolute atomic E-state index is 0.0255. The Kier molecular flexibility index (Phi) is 11.8. The Morgan fingerprint density at radius 3 is 2.34 bits per heavy atom. The van der Waals surface area contributed by atoms with Gasteiger partial charge >= 0.3 is 0 Å². The molecule has 0 fully saturated rings. The highest BCUT2D eigenvalue weighted by molar-refractivity contribution is 6.32. The second kappa shape index (κ2) is 15.0. The number of benzene rings is 2. The lowest BCUT2D eigenvalue weighted by Gasteiger charge is -2.20. The molecule has 0 aliphatic heterocycles. The number of amides is 2. The number of halogens is 1. The highest BCUT2D eigenvalue weighted by Gasteiger charge is 2.22. The van der Waals surface area contributed by atoms with E-state index in [9.17, 15) is 14.7 Å². The van der Waals surface area contributed by atoms with Crippen LogP contribution >= 0.6 is 11.6 Å². The van der Waals surface area contributed by atoms with E-state index in [4.69, 9.17) is 21.3 Å². The van der Waals surface area contributed by atoms with E-state index in [2.05, 4.69) is 36.0 Å². The van der Waals surface area contributed by atoms with Crippen LogP contribution in [-0.2, 0) is 17.8 Å². The van der Waals surface area contributed by atoms with Crippen molar-refractivity contribution in [2.45, 2.75) is 85.5 Å². The molecule has 0 aliphatic rings. The van der Waals surface area contributed by atoms with Crippen molar-refractivity contribution in [1.29, 1.82) is 0 Å². The molecule has 1 heterocycles. The third kappa shape index (κ3) is 9.33. The number of nitrogens with zero attached hydrogens (tertiary/aromatic N) is 2. The van der Waals surface area contributed by atoms with Gasteiger partial charge in [0.1, 0.15) is 11.6 Å². The topological polar surface area (TPSA) is 105 Å². The van der Waals surface area contributed by atoms with Crippen molar-refractivity contribution in [3.8, 4) is 17.0 Å². The maximum absolute atomic E-state index is 13.0. The minimum Gasteiger partial charge on any atom is -0.489 e. The molecule has 9 heteroatoms. The number of nitrogens with one attached hydrogen (secondary N) is 2. The first-order valence-electron chi connectivity index (χ1n) is 14.3. The molecule has 3 rings (SSSR count). The van der Waals surface area contributed by atoms with E-state index in [-0.39, 0.29) is 36.6 Å². The zero-order valence-corrected chi connectivity index (χ0v) is 25.7. The number of rotatable bonds is 14. The number of carbonyl (C=O) groups is 2. The number of carbonyl (C=O) groups excluding carboxylic acids is 2. The van der Waals surface area contributed by atoms with Crippen molar-refractivity contribution in [2.75, 3.05) is 6.61 Å². The third-order valence-electron chi connectivity index (χ3n) is 6.65. The van der Waals surface area contributed by atoms with E-state index in [1.807, 2.05) is 44.3 Å². The summed E-state index contributed by atoms with van der Waals surface area (Å²) in [5.74, 6) is 1.46. The van der Waals surface area contributed by atoms with Gasteiger partial charge in [0.25, 0.3) is 5.91 Å². The lowest BCUT2D eigenvalue weighted by Crippen LogP contribution is -2.37. The van der Waals surface area contributed by atoms with Crippen molar-refractivity contribution in [3.63, 3.8) is 0 Å². The predicted molar refractivity (Wildman–Crippen MR) is 163 cm³/mol. The normalized spacial score (nSPS) is 12.8. The van der Waals surface area contributed by atoms with Crippen LogP contribution in [0.25, 0.3) is 11.3 Å². The molecule has 0 spiro atoms. The SMILES string of the molecule is CCn1cc(-c2ccc(C[C@@H](CCO)NC(=O)c3ccc(OC(C)C)c(Cl)c3)cc2)nc1[C@@H](CC(C)C)NC(C)=O. The number of ether oxygens (including phenoxy) is 1. The Morgan fingerprint density at radius 1 is 1.07 bits per heavy atom. The summed E-state index contributed by atoms with van der Waals surface area (Å²) in [6.07, 6.45) is 3.77. The molecule has 41 heavy (non-hydrogen) atoms. The van der Waals surface area contributed by atoms with Crippen LogP contribution < -0.4 is 15.4 Å². The van der Waals surface area contributed by atoms with Crippen LogP contribution in [0.2, 0.25) is 5.02 Å². The highest BCUT2D eigenvalue weighted by atomic mass is 35.5. The number of aliphatic hydroxyl groups is 1. The van der Waals surface area contributed by atoms with Gasteiger partial charge < -0.3 is 25.0 Å². The second-order valence-electron chi connectivity index (χ2n) is 11.0. The van der Waals surface area contributed by atoms with E-state index in [0.29, 0.717) is 35.1 Å². The summed E-state index contributed by atoms with van der Waals surface area (Å²) >= 11 is 6.32. The zero-order chi connectivity index (χ0) is 30.1. The number of aromatic nitrogens is 2. The second-order valence-corrected chi connectivity index (χ2v) is 11.5. The molecule has 8 nitrogen and oxygen atoms in total. The Balaban J connectivity index is 1.74. The number of aliphatic hydroxyl groups excluding tert-OH is 1. The average Bonchev–Trinajstić information content (AvgIpc) is 3.34. The summed E-state index contributed by atoms with van der Waals surface area (Å²) in [7, 11) is 0. The van der Waals surface area contributed by atoms with E-state index < -0.39 is 0 Å². The quantitative estimate of drug-likeness (QED) is 0.218. The molecule has 0 saturated carbocycles. The fourth-order valence-electron chi connectivity index (χ4n) is 4.78. The van der Waals surface area contributed by atoms with Crippen LogP contribution in [0.3, 0.4) is 0 Å². The van der Waals surface area contributed by atoms with Gasteiger partial charge in [-0.2, -0.15) is 0 Å². The molecule has 0 radical (unpaired) electrons. The first-order valence-corrected chi connectivity index (χ1v) is 14.7. The molecular weight excluding hydrogens is 540 g/mol. The van der Waals surface area contributed by atoms with Gasteiger partial charge in [0.05, 0.1) is 22.9 Å². The maximum Gasteiger partial charge on any atom is 0.251 e. The van der Waals surface area contributed by atoms with Crippen LogP contribution in [-0.4, -0.2) is 45.2 Å². The Hall–Kier alpha value is -3.36. The van der Waals surface area contributed by atoms with Crippen molar-refractivity contribution < 1.29 is 19.4 Å². The zero-order valence-electron chi connectivity index (χ0n) is 24.9. The van der Waals surface area contributed by atoms with Gasteiger partial charge in [0.15, 0.2) is 0 Å². The number of imidazole rings is 1. The number of hydrogen-bond donors (Lipinski definition) is 3. The van der Waals surface area contributed by atoms with Gasteiger partial charge in [0.2, 0.25) is 5.91 Å². The summed E-state index contributed by atoms with van der Waals surface area (Å²) in [5, 5.41) is 16.1. The lowest BCUT2D eigenvalue weighted by atomic mass is 10.0. The van der Waals surface area contributed by atoms with Gasteiger partial charge in [-0.15, -0.1) is 0 Å². The molecule has 222 valence electrons. The van der Waals surface area contributed by atoms with E-state index in [0.717, 1.165) is 35.6 Å². The van der Waals surface area contributed by atoms with Crippen molar-refractivity contribution in [1.82, 2.24) is 20.2 Å². The molecular formula is C32H43ClN4O4. The largest absolute Gasteiger partial charge is 0.489 e. The predicted octanol–water partition coefficient (Wildman–Crippen LogP) is 5.96. The van der Waals surface area contributed by atoms with Gasteiger partial charge in [-0.25, -0.2) is 4.98 Å². The standard InChI is InChI=1S/C32H43ClN4O4/c1-7-37-19-29(36-31(37)28(16-20(2)3)34-22(6)39)24-10-8-23(9-11-24)17-26(14-15-38)35-32(40)25-12-13-30(27(33)18-25)41-21(4)5/h8-13,18-21,26,28,38H,7,14-17H2,1-6H3,(H,34,39)(H,35,40)/t26-,28-/m1/s1. The molecule has 3 aromatic rings. The van der Waals surface area contributed by atoms with Crippen LogP contribution in [0.1, 0.15) is 82.2 Å². The third-order valence-corrected chi connectivity index (χ3v) is 6.94. The van der Waals surface area contributed by atoms with E-state index >= 15 is 0 Å². The van der Waals surface area contributed by atoms with Crippen molar-refractivity contribution in [3.05, 3.63) is 70.6 Å². The monoisotopic (exact) mass is 582 g/mol. The van der Waals surface area contributed by atoms with Gasteiger partial charge in [-0.05, 0) is 69.7 Å². The molecule has 0 aliphatic carbocycles. The molecule has 0 bridgehead atoms. The van der Waals surface area contributed by atoms with Gasteiger partial charge in [-0.1, -0.05) is 49.7 Å². The minimum atomic E-state index is -0.260. The molecule has 0 unspecified atom stereocenters. The lowest BCUT2D eigenvalue weighted by molar-refractivity contribution is -0.119. The Morgan fingerprint density at radius 2 is 1.78 bits per heavy atom. The Labute approximate surface area is 248 Å². The highest BCUT2D eigenvalue weighted by Crippen LogP contribution is 2.28. The van der Waals surface area contributed by atoms with Crippen LogP contribution in [0.4, 0.5) is 0 Å². The smallest absolute Gasteiger partial charge is 0.251 e. The van der Waals surface area contributed by atoms with E-state index in [1.165, 1.54) is 6.92 Å². The summed E-state index contributed by atoms with van der Waals surface area (Å²) in [5.41, 5.74) is 3.27. The first kappa shape index (κ1) is 32.2. The fourth-order valence-corrected chi connectivity index (χ4v) is 5.01. The molecule has 2 atom stereocenters. The maximum atomic E-state index is 13.0. The summed E-state index contributed by atoms with van der Waals surface area (Å²) in [6.45, 7) is 12.4. The van der Waals surface area contributed by atoms with E-state index in [1.54, 1.807) is 18.2 Å². The number of aryl methyl sites for hydroxylation is 1. The van der Waals surface area contributed by atoms with Crippen molar-refractivity contribution >= 4 is 23.4 Å². The van der Waals surface area contributed by atoms with Gasteiger partial charge in [-0.3, -0.25) is 9.59 Å². The molecule has 3 N–H and O–H groups in total. The Bertz CT molecular complexity index is 1300. The molecule has 2 amide bonds.